The molecule has 0 saturated carbocycles. The number of hydrogen-bond donors (Lipinski definition) is 1. The lowest BCUT2D eigenvalue weighted by Crippen LogP contribution is -2.58. The number of halogens is 1. The highest BCUT2D eigenvalue weighted by Crippen LogP contribution is 2.22. The summed E-state index contributed by atoms with van der Waals surface area (Å²) in [7, 11) is 0. The van der Waals surface area contributed by atoms with E-state index in [9.17, 15) is 9.18 Å². The van der Waals surface area contributed by atoms with Gasteiger partial charge in [0.25, 0.3) is 5.91 Å². The van der Waals surface area contributed by atoms with Crippen molar-refractivity contribution in [2.75, 3.05) is 25.4 Å². The second kappa shape index (κ2) is 8.61. The summed E-state index contributed by atoms with van der Waals surface area (Å²) in [5.74, 6) is 0.391. The number of carbonyl (C=O) groups excluding carboxylic acids is 1. The molecule has 1 fully saturated rings. The van der Waals surface area contributed by atoms with Crippen molar-refractivity contribution in [3.63, 3.8) is 0 Å². The first-order valence-electron chi connectivity index (χ1n) is 9.60. The Labute approximate surface area is 165 Å². The van der Waals surface area contributed by atoms with Crippen LogP contribution in [0.2, 0.25) is 0 Å². The van der Waals surface area contributed by atoms with Crippen molar-refractivity contribution in [2.45, 2.75) is 39.4 Å². The topological polar surface area (TPSA) is 58.8 Å². The minimum Gasteiger partial charge on any atom is -0.483 e. The fourth-order valence-corrected chi connectivity index (χ4v) is 3.58. The van der Waals surface area contributed by atoms with Crippen molar-refractivity contribution < 1.29 is 13.9 Å². The van der Waals surface area contributed by atoms with Gasteiger partial charge >= 0.3 is 0 Å². The number of nitrogen functional groups attached to an aromatic ring is 1. The number of ether oxygens (including phenoxy) is 1. The molecule has 6 heteroatoms. The van der Waals surface area contributed by atoms with Gasteiger partial charge in [-0.15, -0.1) is 0 Å². The SMILES string of the molecule is Cc1ccc(N)cc1OCC(=O)N1C[C@H](C)N(Cc2ccc(F)cc2)C[C@H]1C. The quantitative estimate of drug-likeness (QED) is 0.803. The highest BCUT2D eigenvalue weighted by atomic mass is 19.1. The van der Waals surface area contributed by atoms with Gasteiger partial charge in [-0.2, -0.15) is 0 Å². The molecule has 2 N–H and O–H groups in total. The van der Waals surface area contributed by atoms with Crippen molar-refractivity contribution in [1.29, 1.82) is 0 Å². The summed E-state index contributed by atoms with van der Waals surface area (Å²) in [6, 6.07) is 12.3. The number of nitrogens with zero attached hydrogens (tertiary/aromatic N) is 2. The Bertz CT molecular complexity index is 825. The third-order valence-electron chi connectivity index (χ3n) is 5.30. The molecule has 2 aromatic rings. The lowest BCUT2D eigenvalue weighted by Gasteiger charge is -2.44. The molecule has 1 aliphatic heterocycles. The Hall–Kier alpha value is -2.60. The van der Waals surface area contributed by atoms with Crippen molar-refractivity contribution in [3.8, 4) is 5.75 Å². The van der Waals surface area contributed by atoms with Crippen molar-refractivity contribution in [1.82, 2.24) is 9.80 Å². The molecule has 0 unspecified atom stereocenters. The Balaban J connectivity index is 1.57. The average molecular weight is 385 g/mol. The monoisotopic (exact) mass is 385 g/mol. The number of benzene rings is 2. The molecule has 3 rings (SSSR count). The molecule has 1 aliphatic rings. The number of hydrogen-bond acceptors (Lipinski definition) is 4. The fraction of sp³-hybridized carbons (Fsp3) is 0.409. The Morgan fingerprint density at radius 2 is 1.86 bits per heavy atom. The van der Waals surface area contributed by atoms with Crippen LogP contribution in [0.5, 0.6) is 5.75 Å². The van der Waals surface area contributed by atoms with Gasteiger partial charge in [-0.25, -0.2) is 4.39 Å². The van der Waals surface area contributed by atoms with Crippen LogP contribution in [0.3, 0.4) is 0 Å². The molecule has 0 aliphatic carbocycles. The third-order valence-corrected chi connectivity index (χ3v) is 5.30. The average Bonchev–Trinajstić information content (AvgIpc) is 2.66. The van der Waals surface area contributed by atoms with Crippen molar-refractivity contribution in [3.05, 3.63) is 59.4 Å². The zero-order valence-corrected chi connectivity index (χ0v) is 16.7. The number of carbonyl (C=O) groups is 1. The number of piperazine rings is 1. The Morgan fingerprint density at radius 1 is 1.14 bits per heavy atom. The number of anilines is 1. The van der Waals surface area contributed by atoms with Gasteiger partial charge in [0.1, 0.15) is 11.6 Å². The molecule has 1 amide bonds. The molecular formula is C22H28FN3O2. The highest BCUT2D eigenvalue weighted by Gasteiger charge is 2.32. The first-order chi connectivity index (χ1) is 13.3. The van der Waals surface area contributed by atoms with E-state index in [4.69, 9.17) is 10.5 Å². The number of nitrogens with two attached hydrogens (primary N) is 1. The highest BCUT2D eigenvalue weighted by molar-refractivity contribution is 5.78. The maximum Gasteiger partial charge on any atom is 0.260 e. The number of rotatable bonds is 5. The second-order valence-electron chi connectivity index (χ2n) is 7.61. The summed E-state index contributed by atoms with van der Waals surface area (Å²) in [5, 5.41) is 0. The summed E-state index contributed by atoms with van der Waals surface area (Å²) >= 11 is 0. The number of amides is 1. The zero-order chi connectivity index (χ0) is 20.3. The minimum absolute atomic E-state index is 0.000679. The van der Waals surface area contributed by atoms with E-state index in [2.05, 4.69) is 11.8 Å². The predicted octanol–water partition coefficient (Wildman–Crippen LogP) is 3.22. The van der Waals surface area contributed by atoms with Crippen molar-refractivity contribution in [2.24, 2.45) is 0 Å². The zero-order valence-electron chi connectivity index (χ0n) is 16.7. The van der Waals surface area contributed by atoms with E-state index in [0.717, 1.165) is 24.2 Å². The van der Waals surface area contributed by atoms with Gasteiger partial charge in [0.05, 0.1) is 0 Å². The molecule has 2 atom stereocenters. The van der Waals surface area contributed by atoms with Crippen LogP contribution in [-0.4, -0.2) is 47.5 Å². The summed E-state index contributed by atoms with van der Waals surface area (Å²) in [6.07, 6.45) is 0. The van der Waals surface area contributed by atoms with Crippen LogP contribution in [0.15, 0.2) is 42.5 Å². The number of aryl methyl sites for hydroxylation is 1. The van der Waals surface area contributed by atoms with Crippen LogP contribution in [0, 0.1) is 12.7 Å². The van der Waals surface area contributed by atoms with Crippen molar-refractivity contribution >= 4 is 11.6 Å². The fourth-order valence-electron chi connectivity index (χ4n) is 3.58. The first kappa shape index (κ1) is 20.1. The predicted molar refractivity (Wildman–Crippen MR) is 109 cm³/mol. The molecule has 0 spiro atoms. The van der Waals surface area contributed by atoms with Gasteiger partial charge < -0.3 is 15.4 Å². The Kier molecular flexibility index (Phi) is 6.19. The van der Waals surface area contributed by atoms with E-state index in [1.54, 1.807) is 6.07 Å². The summed E-state index contributed by atoms with van der Waals surface area (Å²) in [4.78, 5) is 16.9. The van der Waals surface area contributed by atoms with Gasteiger partial charge in [-0.3, -0.25) is 9.69 Å². The van der Waals surface area contributed by atoms with Crippen LogP contribution in [0.25, 0.3) is 0 Å². The molecule has 0 aromatic heterocycles. The van der Waals surface area contributed by atoms with E-state index < -0.39 is 0 Å². The smallest absolute Gasteiger partial charge is 0.260 e. The second-order valence-corrected chi connectivity index (χ2v) is 7.61. The maximum atomic E-state index is 13.1. The standard InChI is InChI=1S/C22H28FN3O2/c1-15-4-9-20(24)10-21(15)28-14-22(27)26-12-16(2)25(11-17(26)3)13-18-5-7-19(23)8-6-18/h4-10,16-17H,11-14,24H2,1-3H3/t16-,17+/m0/s1. The molecule has 0 bridgehead atoms. The Morgan fingerprint density at radius 3 is 2.57 bits per heavy atom. The summed E-state index contributed by atoms with van der Waals surface area (Å²) < 4.78 is 18.8. The minimum atomic E-state index is -0.226. The normalized spacial score (nSPS) is 20.2. The van der Waals surface area contributed by atoms with Gasteiger partial charge in [-0.05, 0) is 50.1 Å². The lowest BCUT2D eigenvalue weighted by atomic mass is 10.1. The van der Waals surface area contributed by atoms with E-state index in [0.29, 0.717) is 18.0 Å². The van der Waals surface area contributed by atoms with E-state index in [1.165, 1.54) is 12.1 Å². The van der Waals surface area contributed by atoms with Gasteiger partial charge in [-0.1, -0.05) is 18.2 Å². The van der Waals surface area contributed by atoms with E-state index in [1.807, 2.05) is 43.0 Å². The third kappa shape index (κ3) is 4.81. The van der Waals surface area contributed by atoms with E-state index >= 15 is 0 Å². The van der Waals surface area contributed by atoms with Crippen LogP contribution >= 0.6 is 0 Å². The summed E-state index contributed by atoms with van der Waals surface area (Å²) in [5.41, 5.74) is 8.44. The lowest BCUT2D eigenvalue weighted by molar-refractivity contribution is -0.139. The van der Waals surface area contributed by atoms with Crippen LogP contribution < -0.4 is 10.5 Å². The largest absolute Gasteiger partial charge is 0.483 e. The molecule has 0 radical (unpaired) electrons. The molecule has 2 aromatic carbocycles. The molecule has 1 saturated heterocycles. The molecule has 28 heavy (non-hydrogen) atoms. The molecule has 150 valence electrons. The van der Waals surface area contributed by atoms with E-state index in [-0.39, 0.29) is 30.4 Å². The van der Waals surface area contributed by atoms with Crippen LogP contribution in [0.1, 0.15) is 25.0 Å². The molecular weight excluding hydrogens is 357 g/mol. The maximum absolute atomic E-state index is 13.1. The first-order valence-corrected chi connectivity index (χ1v) is 9.60. The van der Waals surface area contributed by atoms with Gasteiger partial charge in [0.15, 0.2) is 6.61 Å². The van der Waals surface area contributed by atoms with Gasteiger partial charge in [0, 0.05) is 43.5 Å². The van der Waals surface area contributed by atoms with Crippen LogP contribution in [-0.2, 0) is 11.3 Å². The molecule has 1 heterocycles. The van der Waals surface area contributed by atoms with Crippen LogP contribution in [0.4, 0.5) is 10.1 Å². The summed E-state index contributed by atoms with van der Waals surface area (Å²) in [6.45, 7) is 8.23. The van der Waals surface area contributed by atoms with Gasteiger partial charge in [0.2, 0.25) is 0 Å². The molecule has 5 nitrogen and oxygen atoms in total.